The van der Waals surface area contributed by atoms with Crippen molar-refractivity contribution in [2.75, 3.05) is 0 Å². The van der Waals surface area contributed by atoms with Crippen LogP contribution >= 0.6 is 0 Å². The number of nitrogens with zero attached hydrogens (tertiary/aromatic N) is 3. The van der Waals surface area contributed by atoms with Crippen LogP contribution in [0, 0.1) is 6.92 Å². The Hall–Kier alpha value is -2.51. The van der Waals surface area contributed by atoms with E-state index in [0.717, 1.165) is 16.8 Å². The van der Waals surface area contributed by atoms with Gasteiger partial charge < -0.3 is 0 Å². The Bertz CT molecular complexity index is 902. The molecule has 0 aliphatic carbocycles. The molecule has 0 bridgehead atoms. The second kappa shape index (κ2) is 6.54. The van der Waals surface area contributed by atoms with E-state index in [4.69, 9.17) is 0 Å². The van der Waals surface area contributed by atoms with Crippen LogP contribution in [0.1, 0.15) is 24.1 Å². The number of aryl methyl sites for hydroxylation is 1. The summed E-state index contributed by atoms with van der Waals surface area (Å²) in [6.45, 7) is 3.74. The van der Waals surface area contributed by atoms with Crippen molar-refractivity contribution in [3.05, 3.63) is 72.3 Å². The second-order valence-corrected chi connectivity index (χ2v) is 7.30. The van der Waals surface area contributed by atoms with Crippen molar-refractivity contribution in [1.29, 1.82) is 0 Å². The fraction of sp³-hybridized carbons (Fsp3) is 0.176. The summed E-state index contributed by atoms with van der Waals surface area (Å²) in [7, 11) is -3.56. The molecule has 0 amide bonds. The highest BCUT2D eigenvalue weighted by atomic mass is 32.2. The van der Waals surface area contributed by atoms with Crippen LogP contribution in [-0.4, -0.2) is 23.2 Å². The lowest BCUT2D eigenvalue weighted by Gasteiger charge is -2.15. The van der Waals surface area contributed by atoms with Crippen LogP contribution in [0.4, 0.5) is 0 Å². The molecule has 24 heavy (non-hydrogen) atoms. The highest BCUT2D eigenvalue weighted by Crippen LogP contribution is 2.18. The summed E-state index contributed by atoms with van der Waals surface area (Å²) >= 11 is 0. The monoisotopic (exact) mass is 342 g/mol. The molecule has 7 heteroatoms. The summed E-state index contributed by atoms with van der Waals surface area (Å²) in [6.07, 6.45) is 3.07. The third-order valence-electron chi connectivity index (χ3n) is 3.74. The quantitative estimate of drug-likeness (QED) is 0.773. The van der Waals surface area contributed by atoms with Gasteiger partial charge in [-0.3, -0.25) is 0 Å². The standard InChI is InChI=1S/C17H18N4O2S/c1-13-3-9-17(10-4-13)24(22,23)20-14(2)15-5-7-16(8-6-15)21-12-18-11-19-21/h3-12,14,20H,1-2H3/t14-/m1/s1. The molecule has 1 atom stereocenters. The predicted molar refractivity (Wildman–Crippen MR) is 91.3 cm³/mol. The summed E-state index contributed by atoms with van der Waals surface area (Å²) in [5.74, 6) is 0. The van der Waals surface area contributed by atoms with Crippen LogP contribution < -0.4 is 4.72 Å². The number of hydrogen-bond donors (Lipinski definition) is 1. The largest absolute Gasteiger partial charge is 0.241 e. The Morgan fingerprint density at radius 1 is 1.04 bits per heavy atom. The summed E-state index contributed by atoms with van der Waals surface area (Å²) in [4.78, 5) is 4.17. The van der Waals surface area contributed by atoms with Crippen LogP contribution in [0.15, 0.2) is 66.1 Å². The first-order chi connectivity index (χ1) is 11.5. The number of benzene rings is 2. The number of rotatable bonds is 5. The first-order valence-electron chi connectivity index (χ1n) is 7.50. The van der Waals surface area contributed by atoms with Crippen molar-refractivity contribution in [2.45, 2.75) is 24.8 Å². The van der Waals surface area contributed by atoms with Crippen molar-refractivity contribution in [3.63, 3.8) is 0 Å². The smallest absolute Gasteiger partial charge is 0.223 e. The number of nitrogens with one attached hydrogen (secondary N) is 1. The molecule has 0 fully saturated rings. The maximum atomic E-state index is 12.4. The van der Waals surface area contributed by atoms with E-state index in [9.17, 15) is 8.42 Å². The lowest BCUT2D eigenvalue weighted by Crippen LogP contribution is -2.26. The zero-order chi connectivity index (χ0) is 17.2. The van der Waals surface area contributed by atoms with Crippen molar-refractivity contribution < 1.29 is 8.42 Å². The second-order valence-electron chi connectivity index (χ2n) is 5.59. The van der Waals surface area contributed by atoms with Gasteiger partial charge in [-0.25, -0.2) is 22.8 Å². The van der Waals surface area contributed by atoms with E-state index in [-0.39, 0.29) is 10.9 Å². The van der Waals surface area contributed by atoms with Crippen LogP contribution in [0.3, 0.4) is 0 Å². The number of hydrogen-bond acceptors (Lipinski definition) is 4. The van der Waals surface area contributed by atoms with Gasteiger partial charge in [-0.15, -0.1) is 0 Å². The minimum absolute atomic E-state index is 0.263. The van der Waals surface area contributed by atoms with E-state index in [2.05, 4.69) is 14.8 Å². The normalized spacial score (nSPS) is 12.9. The lowest BCUT2D eigenvalue weighted by atomic mass is 10.1. The average molecular weight is 342 g/mol. The molecule has 3 aromatic rings. The van der Waals surface area contributed by atoms with Crippen molar-refractivity contribution in [2.24, 2.45) is 0 Å². The zero-order valence-corrected chi connectivity index (χ0v) is 14.2. The number of aromatic nitrogens is 3. The zero-order valence-electron chi connectivity index (χ0n) is 13.4. The average Bonchev–Trinajstić information content (AvgIpc) is 3.09. The van der Waals surface area contributed by atoms with Crippen molar-refractivity contribution >= 4 is 10.0 Å². The van der Waals surface area contributed by atoms with Crippen LogP contribution in [0.5, 0.6) is 0 Å². The highest BCUT2D eigenvalue weighted by molar-refractivity contribution is 7.89. The fourth-order valence-electron chi connectivity index (χ4n) is 2.34. The van der Waals surface area contributed by atoms with E-state index in [1.54, 1.807) is 35.3 Å². The molecule has 0 radical (unpaired) electrons. The molecular weight excluding hydrogens is 324 g/mol. The SMILES string of the molecule is Cc1ccc(S(=O)(=O)N[C@H](C)c2ccc(-n3cncn3)cc2)cc1. The molecule has 1 heterocycles. The van der Waals surface area contributed by atoms with Gasteiger partial charge in [0.15, 0.2) is 0 Å². The Kier molecular flexibility index (Phi) is 4.46. The van der Waals surface area contributed by atoms with Gasteiger partial charge >= 0.3 is 0 Å². The molecule has 1 aromatic heterocycles. The summed E-state index contributed by atoms with van der Waals surface area (Å²) in [5.41, 5.74) is 2.75. The molecule has 1 N–H and O–H groups in total. The molecule has 0 aliphatic heterocycles. The fourth-order valence-corrected chi connectivity index (χ4v) is 3.58. The van der Waals surface area contributed by atoms with Crippen molar-refractivity contribution in [3.8, 4) is 5.69 Å². The molecule has 0 unspecified atom stereocenters. The third kappa shape index (κ3) is 3.52. The van der Waals surface area contributed by atoms with Gasteiger partial charge in [0, 0.05) is 6.04 Å². The summed E-state index contributed by atoms with van der Waals surface area (Å²) < 4.78 is 29.2. The van der Waals surface area contributed by atoms with E-state index >= 15 is 0 Å². The van der Waals surface area contributed by atoms with Crippen LogP contribution in [0.25, 0.3) is 5.69 Å². The molecule has 2 aromatic carbocycles. The van der Waals surface area contributed by atoms with Gasteiger partial charge in [-0.1, -0.05) is 29.8 Å². The Labute approximate surface area is 141 Å². The molecule has 6 nitrogen and oxygen atoms in total. The molecular formula is C17H18N4O2S. The lowest BCUT2D eigenvalue weighted by molar-refractivity contribution is 0.567. The predicted octanol–water partition coefficient (Wildman–Crippen LogP) is 2.62. The molecule has 0 saturated carbocycles. The topological polar surface area (TPSA) is 76.9 Å². The first kappa shape index (κ1) is 16.4. The van der Waals surface area contributed by atoms with E-state index < -0.39 is 10.0 Å². The third-order valence-corrected chi connectivity index (χ3v) is 5.30. The van der Waals surface area contributed by atoms with Gasteiger partial charge in [0.25, 0.3) is 0 Å². The van der Waals surface area contributed by atoms with Crippen LogP contribution in [0.2, 0.25) is 0 Å². The first-order valence-corrected chi connectivity index (χ1v) is 8.98. The van der Waals surface area contributed by atoms with Crippen molar-refractivity contribution in [1.82, 2.24) is 19.5 Å². The Morgan fingerprint density at radius 2 is 1.71 bits per heavy atom. The van der Waals surface area contributed by atoms with Gasteiger partial charge in [0.1, 0.15) is 12.7 Å². The number of sulfonamides is 1. The van der Waals surface area contributed by atoms with Crippen LogP contribution in [-0.2, 0) is 10.0 Å². The van der Waals surface area contributed by atoms with E-state index in [1.807, 2.05) is 38.1 Å². The minimum Gasteiger partial charge on any atom is -0.223 e. The minimum atomic E-state index is -3.56. The van der Waals surface area contributed by atoms with Gasteiger partial charge in [-0.05, 0) is 43.7 Å². The Balaban J connectivity index is 1.76. The van der Waals surface area contributed by atoms with E-state index in [0.29, 0.717) is 0 Å². The van der Waals surface area contributed by atoms with Gasteiger partial charge in [0.2, 0.25) is 10.0 Å². The maximum absolute atomic E-state index is 12.4. The van der Waals surface area contributed by atoms with Gasteiger partial charge in [-0.2, -0.15) is 5.10 Å². The molecule has 0 spiro atoms. The maximum Gasteiger partial charge on any atom is 0.241 e. The molecule has 0 saturated heterocycles. The summed E-state index contributed by atoms with van der Waals surface area (Å²) in [6, 6.07) is 13.9. The molecule has 3 rings (SSSR count). The van der Waals surface area contributed by atoms with Gasteiger partial charge in [0.05, 0.1) is 10.6 Å². The highest BCUT2D eigenvalue weighted by Gasteiger charge is 2.18. The summed E-state index contributed by atoms with van der Waals surface area (Å²) in [5, 5.41) is 4.06. The van der Waals surface area contributed by atoms with E-state index in [1.165, 1.54) is 6.33 Å². The Morgan fingerprint density at radius 3 is 2.29 bits per heavy atom. The molecule has 0 aliphatic rings. The molecule has 124 valence electrons.